The largest absolute Gasteiger partial charge is 0.326 e. The van der Waals surface area contributed by atoms with Gasteiger partial charge in [0.05, 0.1) is 4.88 Å². The van der Waals surface area contributed by atoms with Crippen molar-refractivity contribution in [3.8, 4) is 0 Å². The van der Waals surface area contributed by atoms with E-state index < -0.39 is 0 Å². The summed E-state index contributed by atoms with van der Waals surface area (Å²) in [6.45, 7) is 2.71. The van der Waals surface area contributed by atoms with Crippen LogP contribution in [0.25, 0.3) is 0 Å². The molecule has 1 aliphatic rings. The van der Waals surface area contributed by atoms with Crippen LogP contribution in [0, 0.1) is 0 Å². The molecule has 1 fully saturated rings. The summed E-state index contributed by atoms with van der Waals surface area (Å²) in [5, 5.41) is 4.89. The first-order valence-electron chi connectivity index (χ1n) is 7.94. The molecule has 1 unspecified atom stereocenters. The van der Waals surface area contributed by atoms with Gasteiger partial charge in [0.25, 0.3) is 5.91 Å². The van der Waals surface area contributed by atoms with E-state index in [1.807, 2.05) is 41.8 Å². The zero-order valence-electron chi connectivity index (χ0n) is 13.1. The van der Waals surface area contributed by atoms with Gasteiger partial charge in [-0.1, -0.05) is 31.2 Å². The lowest BCUT2D eigenvalue weighted by Gasteiger charge is -2.24. The van der Waals surface area contributed by atoms with Crippen molar-refractivity contribution in [1.29, 1.82) is 0 Å². The number of aryl methyl sites for hydroxylation is 1. The minimum Gasteiger partial charge on any atom is -0.326 e. The molecule has 1 N–H and O–H groups in total. The average molecular weight is 328 g/mol. The monoisotopic (exact) mass is 328 g/mol. The van der Waals surface area contributed by atoms with Crippen molar-refractivity contribution in [2.75, 3.05) is 11.9 Å². The zero-order chi connectivity index (χ0) is 16.2. The van der Waals surface area contributed by atoms with E-state index in [4.69, 9.17) is 0 Å². The van der Waals surface area contributed by atoms with Crippen LogP contribution in [0.5, 0.6) is 0 Å². The normalized spacial score (nSPS) is 17.3. The van der Waals surface area contributed by atoms with E-state index in [0.717, 1.165) is 30.5 Å². The number of carbonyl (C=O) groups is 2. The fourth-order valence-corrected chi connectivity index (χ4v) is 3.67. The minimum absolute atomic E-state index is 0.0403. The summed E-state index contributed by atoms with van der Waals surface area (Å²) in [6.07, 6.45) is 2.45. The molecule has 1 atom stereocenters. The van der Waals surface area contributed by atoms with Crippen LogP contribution in [-0.4, -0.2) is 29.3 Å². The molecule has 2 amide bonds. The second-order valence-electron chi connectivity index (χ2n) is 5.63. The molecule has 0 bridgehead atoms. The van der Waals surface area contributed by atoms with Gasteiger partial charge in [-0.2, -0.15) is 0 Å². The molecule has 1 aromatic carbocycles. The third-order valence-corrected chi connectivity index (χ3v) is 5.06. The van der Waals surface area contributed by atoms with Crippen molar-refractivity contribution in [2.45, 2.75) is 32.2 Å². The number of nitrogens with zero attached hydrogens (tertiary/aromatic N) is 1. The van der Waals surface area contributed by atoms with Gasteiger partial charge in [0, 0.05) is 12.2 Å². The number of hydrogen-bond acceptors (Lipinski definition) is 3. The smallest absolute Gasteiger partial charge is 0.264 e. The Morgan fingerprint density at radius 3 is 2.83 bits per heavy atom. The number of amides is 2. The van der Waals surface area contributed by atoms with E-state index in [0.29, 0.717) is 11.4 Å². The molecule has 1 aliphatic heterocycles. The van der Waals surface area contributed by atoms with Crippen molar-refractivity contribution in [2.24, 2.45) is 0 Å². The number of thiophene rings is 1. The summed E-state index contributed by atoms with van der Waals surface area (Å²) in [5.74, 6) is -0.130. The number of anilines is 1. The van der Waals surface area contributed by atoms with Gasteiger partial charge in [0.1, 0.15) is 6.04 Å². The molecule has 120 valence electrons. The van der Waals surface area contributed by atoms with Gasteiger partial charge in [-0.3, -0.25) is 9.59 Å². The number of benzene rings is 1. The molecule has 1 aromatic heterocycles. The third kappa shape index (κ3) is 3.29. The van der Waals surface area contributed by atoms with Gasteiger partial charge in [-0.05, 0) is 42.3 Å². The van der Waals surface area contributed by atoms with Crippen LogP contribution in [0.4, 0.5) is 5.69 Å². The van der Waals surface area contributed by atoms with E-state index >= 15 is 0 Å². The Kier molecular flexibility index (Phi) is 4.76. The van der Waals surface area contributed by atoms with Crippen LogP contribution < -0.4 is 5.32 Å². The number of para-hydroxylation sites is 1. The second kappa shape index (κ2) is 6.96. The number of likely N-dealkylation sites (tertiary alicyclic amines) is 1. The highest BCUT2D eigenvalue weighted by atomic mass is 32.1. The van der Waals surface area contributed by atoms with Gasteiger partial charge >= 0.3 is 0 Å². The lowest BCUT2D eigenvalue weighted by Crippen LogP contribution is -2.43. The quantitative estimate of drug-likeness (QED) is 0.933. The first-order chi connectivity index (χ1) is 11.2. The van der Waals surface area contributed by atoms with Crippen LogP contribution in [0.15, 0.2) is 41.8 Å². The summed E-state index contributed by atoms with van der Waals surface area (Å²) in [5.41, 5.74) is 1.95. The molecule has 23 heavy (non-hydrogen) atoms. The molecule has 0 aliphatic carbocycles. The minimum atomic E-state index is -0.380. The van der Waals surface area contributed by atoms with Crippen LogP contribution in [0.2, 0.25) is 0 Å². The lowest BCUT2D eigenvalue weighted by molar-refractivity contribution is -0.119. The maximum Gasteiger partial charge on any atom is 0.264 e. The van der Waals surface area contributed by atoms with Crippen LogP contribution in [0.3, 0.4) is 0 Å². The van der Waals surface area contributed by atoms with Crippen molar-refractivity contribution in [1.82, 2.24) is 4.90 Å². The molecule has 0 spiro atoms. The van der Waals surface area contributed by atoms with Crippen LogP contribution >= 0.6 is 11.3 Å². The zero-order valence-corrected chi connectivity index (χ0v) is 13.9. The van der Waals surface area contributed by atoms with Gasteiger partial charge in [0.15, 0.2) is 0 Å². The third-order valence-electron chi connectivity index (χ3n) is 4.20. The molecule has 1 saturated heterocycles. The van der Waals surface area contributed by atoms with Crippen molar-refractivity contribution in [3.05, 3.63) is 52.2 Å². The van der Waals surface area contributed by atoms with E-state index in [1.54, 1.807) is 4.90 Å². The highest BCUT2D eigenvalue weighted by Crippen LogP contribution is 2.24. The Bertz CT molecular complexity index is 697. The fourth-order valence-electron chi connectivity index (χ4n) is 2.99. The summed E-state index contributed by atoms with van der Waals surface area (Å²) in [4.78, 5) is 27.6. The number of carbonyl (C=O) groups excluding carboxylic acids is 2. The van der Waals surface area contributed by atoms with E-state index in [1.165, 1.54) is 11.3 Å². The SMILES string of the molecule is CCc1ccccc1NC(=O)C1CCCN1C(=O)c1cccs1. The Labute approximate surface area is 140 Å². The molecule has 2 heterocycles. The second-order valence-corrected chi connectivity index (χ2v) is 6.58. The molecular formula is C18H20N2O2S. The van der Waals surface area contributed by atoms with E-state index in [9.17, 15) is 9.59 Å². The maximum atomic E-state index is 12.7. The van der Waals surface area contributed by atoms with Gasteiger partial charge in [-0.15, -0.1) is 11.3 Å². The van der Waals surface area contributed by atoms with Gasteiger partial charge in [-0.25, -0.2) is 0 Å². The predicted octanol–water partition coefficient (Wildman–Crippen LogP) is 3.55. The molecule has 0 saturated carbocycles. The van der Waals surface area contributed by atoms with E-state index in [2.05, 4.69) is 12.2 Å². The van der Waals surface area contributed by atoms with Gasteiger partial charge in [0.2, 0.25) is 5.91 Å². The van der Waals surface area contributed by atoms with Crippen molar-refractivity contribution in [3.63, 3.8) is 0 Å². The maximum absolute atomic E-state index is 12.7. The molecule has 3 rings (SSSR count). The van der Waals surface area contributed by atoms with Crippen LogP contribution in [-0.2, 0) is 11.2 Å². The number of hydrogen-bond donors (Lipinski definition) is 1. The summed E-state index contributed by atoms with van der Waals surface area (Å²) < 4.78 is 0. The lowest BCUT2D eigenvalue weighted by atomic mass is 10.1. The van der Waals surface area contributed by atoms with E-state index in [-0.39, 0.29) is 17.9 Å². The highest BCUT2D eigenvalue weighted by Gasteiger charge is 2.35. The molecular weight excluding hydrogens is 308 g/mol. The fraction of sp³-hybridized carbons (Fsp3) is 0.333. The Morgan fingerprint density at radius 1 is 1.26 bits per heavy atom. The Balaban J connectivity index is 1.74. The topological polar surface area (TPSA) is 49.4 Å². The Hall–Kier alpha value is -2.14. The average Bonchev–Trinajstić information content (AvgIpc) is 3.26. The summed E-state index contributed by atoms with van der Waals surface area (Å²) in [6, 6.07) is 11.1. The Morgan fingerprint density at radius 2 is 2.09 bits per heavy atom. The van der Waals surface area contributed by atoms with Gasteiger partial charge < -0.3 is 10.2 Å². The first kappa shape index (κ1) is 15.7. The molecule has 5 heteroatoms. The summed E-state index contributed by atoms with van der Waals surface area (Å²) in [7, 11) is 0. The molecule has 2 aromatic rings. The first-order valence-corrected chi connectivity index (χ1v) is 8.82. The standard InChI is InChI=1S/C18H20N2O2S/c1-2-13-7-3-4-8-14(13)19-17(21)15-9-5-11-20(15)18(22)16-10-6-12-23-16/h3-4,6-8,10,12,15H,2,5,9,11H2,1H3,(H,19,21). The summed E-state index contributed by atoms with van der Waals surface area (Å²) >= 11 is 1.42. The van der Waals surface area contributed by atoms with Crippen molar-refractivity contribution >= 4 is 28.8 Å². The number of rotatable bonds is 4. The molecule has 4 nitrogen and oxygen atoms in total. The predicted molar refractivity (Wildman–Crippen MR) is 92.8 cm³/mol. The number of nitrogens with one attached hydrogen (secondary N) is 1. The molecule has 0 radical (unpaired) electrons. The van der Waals surface area contributed by atoms with Crippen molar-refractivity contribution < 1.29 is 9.59 Å². The highest BCUT2D eigenvalue weighted by molar-refractivity contribution is 7.12. The van der Waals surface area contributed by atoms with Crippen LogP contribution in [0.1, 0.15) is 35.0 Å².